The molecule has 0 saturated carbocycles. The lowest BCUT2D eigenvalue weighted by Crippen LogP contribution is -2.17. The maximum atomic E-state index is 3.32. The standard InChI is InChI=1S/C19H25N/c1-15-9-10-17(13-16(15)2)11-12-19(14-20-3)18-7-5-4-6-8-18/h4-10,13,19-20H,11-12,14H2,1-3H3. The number of nitrogens with one attached hydrogen (secondary N) is 1. The Morgan fingerprint density at radius 3 is 2.35 bits per heavy atom. The molecule has 0 fully saturated rings. The molecule has 1 unspecified atom stereocenters. The number of hydrogen-bond acceptors (Lipinski definition) is 1. The van der Waals surface area contributed by atoms with Gasteiger partial charge in [-0.25, -0.2) is 0 Å². The summed E-state index contributed by atoms with van der Waals surface area (Å²) in [6, 6.07) is 17.7. The van der Waals surface area contributed by atoms with E-state index in [1.54, 1.807) is 0 Å². The highest BCUT2D eigenvalue weighted by atomic mass is 14.8. The first-order valence-corrected chi connectivity index (χ1v) is 7.46. The lowest BCUT2D eigenvalue weighted by Gasteiger charge is -2.17. The van der Waals surface area contributed by atoms with E-state index in [1.807, 2.05) is 7.05 Å². The van der Waals surface area contributed by atoms with Crippen molar-refractivity contribution in [3.8, 4) is 0 Å². The first kappa shape index (κ1) is 14.8. The van der Waals surface area contributed by atoms with Crippen LogP contribution in [-0.2, 0) is 6.42 Å². The predicted octanol–water partition coefficient (Wildman–Crippen LogP) is 4.24. The van der Waals surface area contributed by atoms with Gasteiger partial charge >= 0.3 is 0 Å². The Hall–Kier alpha value is -1.60. The summed E-state index contributed by atoms with van der Waals surface area (Å²) in [5, 5.41) is 3.32. The van der Waals surface area contributed by atoms with Crippen molar-refractivity contribution in [3.63, 3.8) is 0 Å². The molecule has 0 aliphatic rings. The number of hydrogen-bond donors (Lipinski definition) is 1. The van der Waals surface area contributed by atoms with E-state index in [2.05, 4.69) is 67.7 Å². The van der Waals surface area contributed by atoms with Crippen LogP contribution in [0.1, 0.15) is 34.6 Å². The first-order chi connectivity index (χ1) is 9.70. The molecule has 0 spiro atoms. The zero-order valence-electron chi connectivity index (χ0n) is 12.8. The van der Waals surface area contributed by atoms with Crippen LogP contribution in [0, 0.1) is 13.8 Å². The summed E-state index contributed by atoms with van der Waals surface area (Å²) in [7, 11) is 2.03. The molecule has 0 aliphatic heterocycles. The van der Waals surface area contributed by atoms with E-state index in [-0.39, 0.29) is 0 Å². The Kier molecular flexibility index (Phi) is 5.37. The molecule has 2 aromatic carbocycles. The van der Waals surface area contributed by atoms with Crippen molar-refractivity contribution in [2.75, 3.05) is 13.6 Å². The summed E-state index contributed by atoms with van der Waals surface area (Å²) in [6.45, 7) is 5.41. The Morgan fingerprint density at radius 2 is 1.70 bits per heavy atom. The van der Waals surface area contributed by atoms with Gasteiger partial charge in [0.15, 0.2) is 0 Å². The van der Waals surface area contributed by atoms with Crippen molar-refractivity contribution < 1.29 is 0 Å². The van der Waals surface area contributed by atoms with Crippen LogP contribution < -0.4 is 5.32 Å². The van der Waals surface area contributed by atoms with Gasteiger partial charge in [-0.1, -0.05) is 48.5 Å². The van der Waals surface area contributed by atoms with Gasteiger partial charge in [0.2, 0.25) is 0 Å². The second-order valence-electron chi connectivity index (χ2n) is 5.62. The second-order valence-corrected chi connectivity index (χ2v) is 5.62. The minimum Gasteiger partial charge on any atom is -0.319 e. The fourth-order valence-electron chi connectivity index (χ4n) is 2.66. The van der Waals surface area contributed by atoms with Gasteiger partial charge in [0.25, 0.3) is 0 Å². The summed E-state index contributed by atoms with van der Waals surface area (Å²) >= 11 is 0. The van der Waals surface area contributed by atoms with Gasteiger partial charge in [-0.05, 0) is 61.9 Å². The van der Waals surface area contributed by atoms with Crippen molar-refractivity contribution in [2.24, 2.45) is 0 Å². The molecular formula is C19H25N. The molecule has 1 nitrogen and oxygen atoms in total. The molecule has 1 N–H and O–H groups in total. The quantitative estimate of drug-likeness (QED) is 0.825. The molecule has 0 radical (unpaired) electrons. The maximum absolute atomic E-state index is 3.32. The van der Waals surface area contributed by atoms with Crippen molar-refractivity contribution in [1.29, 1.82) is 0 Å². The van der Waals surface area contributed by atoms with E-state index < -0.39 is 0 Å². The zero-order valence-corrected chi connectivity index (χ0v) is 12.8. The fraction of sp³-hybridized carbons (Fsp3) is 0.368. The lowest BCUT2D eigenvalue weighted by atomic mass is 9.91. The molecule has 0 heterocycles. The van der Waals surface area contributed by atoms with Crippen LogP contribution in [0.5, 0.6) is 0 Å². The average Bonchev–Trinajstić information content (AvgIpc) is 2.48. The lowest BCUT2D eigenvalue weighted by molar-refractivity contribution is 0.584. The molecule has 0 aromatic heterocycles. The highest BCUT2D eigenvalue weighted by molar-refractivity contribution is 5.30. The SMILES string of the molecule is CNCC(CCc1ccc(C)c(C)c1)c1ccccc1. The van der Waals surface area contributed by atoms with Gasteiger partial charge < -0.3 is 5.32 Å². The highest BCUT2D eigenvalue weighted by Gasteiger charge is 2.10. The zero-order chi connectivity index (χ0) is 14.4. The second kappa shape index (κ2) is 7.25. The molecule has 1 heteroatoms. The van der Waals surface area contributed by atoms with Gasteiger partial charge in [0.1, 0.15) is 0 Å². The molecule has 2 rings (SSSR count). The van der Waals surface area contributed by atoms with Gasteiger partial charge in [-0.2, -0.15) is 0 Å². The molecule has 0 aliphatic carbocycles. The predicted molar refractivity (Wildman–Crippen MR) is 87.3 cm³/mol. The molecule has 0 amide bonds. The van der Waals surface area contributed by atoms with Gasteiger partial charge in [-0.15, -0.1) is 0 Å². The van der Waals surface area contributed by atoms with Crippen LogP contribution in [-0.4, -0.2) is 13.6 Å². The summed E-state index contributed by atoms with van der Waals surface area (Å²) < 4.78 is 0. The van der Waals surface area contributed by atoms with Crippen LogP contribution in [0.4, 0.5) is 0 Å². The van der Waals surface area contributed by atoms with Crippen molar-refractivity contribution >= 4 is 0 Å². The molecular weight excluding hydrogens is 242 g/mol. The Morgan fingerprint density at radius 1 is 0.950 bits per heavy atom. The maximum Gasteiger partial charge on any atom is 0.00172 e. The summed E-state index contributed by atoms with van der Waals surface area (Å²) in [4.78, 5) is 0. The summed E-state index contributed by atoms with van der Waals surface area (Å²) in [5.74, 6) is 0.586. The highest BCUT2D eigenvalue weighted by Crippen LogP contribution is 2.22. The normalized spacial score (nSPS) is 12.3. The molecule has 1 atom stereocenters. The van der Waals surface area contributed by atoms with Gasteiger partial charge in [0.05, 0.1) is 0 Å². The van der Waals surface area contributed by atoms with Crippen molar-refractivity contribution in [1.82, 2.24) is 5.32 Å². The summed E-state index contributed by atoms with van der Waals surface area (Å²) in [5.41, 5.74) is 5.66. The average molecular weight is 267 g/mol. The third kappa shape index (κ3) is 3.94. The molecule has 20 heavy (non-hydrogen) atoms. The van der Waals surface area contributed by atoms with Gasteiger partial charge in [0, 0.05) is 6.54 Å². The minimum absolute atomic E-state index is 0.586. The summed E-state index contributed by atoms with van der Waals surface area (Å²) in [6.07, 6.45) is 2.33. The molecule has 0 saturated heterocycles. The van der Waals surface area contributed by atoms with Crippen LogP contribution in [0.15, 0.2) is 48.5 Å². The third-order valence-corrected chi connectivity index (χ3v) is 4.07. The van der Waals surface area contributed by atoms with Crippen LogP contribution in [0.3, 0.4) is 0 Å². The van der Waals surface area contributed by atoms with E-state index in [4.69, 9.17) is 0 Å². The van der Waals surface area contributed by atoms with Crippen molar-refractivity contribution in [2.45, 2.75) is 32.6 Å². The van der Waals surface area contributed by atoms with Crippen LogP contribution >= 0.6 is 0 Å². The van der Waals surface area contributed by atoms with Crippen LogP contribution in [0.25, 0.3) is 0 Å². The minimum atomic E-state index is 0.586. The topological polar surface area (TPSA) is 12.0 Å². The Bertz CT molecular complexity index is 531. The van der Waals surface area contributed by atoms with E-state index in [0.717, 1.165) is 13.0 Å². The van der Waals surface area contributed by atoms with Crippen molar-refractivity contribution in [3.05, 3.63) is 70.8 Å². The monoisotopic (exact) mass is 267 g/mol. The Labute approximate surface area is 123 Å². The number of benzene rings is 2. The largest absolute Gasteiger partial charge is 0.319 e. The first-order valence-electron chi connectivity index (χ1n) is 7.46. The Balaban J connectivity index is 2.03. The smallest absolute Gasteiger partial charge is 0.00172 e. The number of aryl methyl sites for hydroxylation is 3. The van der Waals surface area contributed by atoms with Crippen LogP contribution in [0.2, 0.25) is 0 Å². The van der Waals surface area contributed by atoms with E-state index in [0.29, 0.717) is 5.92 Å². The van der Waals surface area contributed by atoms with E-state index in [9.17, 15) is 0 Å². The fourth-order valence-corrected chi connectivity index (χ4v) is 2.66. The molecule has 2 aromatic rings. The van der Waals surface area contributed by atoms with Gasteiger partial charge in [-0.3, -0.25) is 0 Å². The van der Waals surface area contributed by atoms with E-state index in [1.165, 1.54) is 28.7 Å². The third-order valence-electron chi connectivity index (χ3n) is 4.07. The number of likely N-dealkylation sites (N-methyl/N-ethyl adjacent to an activating group) is 1. The van der Waals surface area contributed by atoms with E-state index >= 15 is 0 Å². The number of rotatable bonds is 6. The molecule has 0 bridgehead atoms. The molecule has 106 valence electrons.